The molecule has 7 heteroatoms. The predicted molar refractivity (Wildman–Crippen MR) is 74.4 cm³/mol. The van der Waals surface area contributed by atoms with E-state index in [2.05, 4.69) is 5.32 Å². The number of sulfone groups is 1. The van der Waals surface area contributed by atoms with Crippen molar-refractivity contribution in [1.29, 1.82) is 0 Å². The Balaban J connectivity index is 2.33. The molecule has 1 rings (SSSR count). The van der Waals surface area contributed by atoms with Crippen molar-refractivity contribution in [3.63, 3.8) is 0 Å². The summed E-state index contributed by atoms with van der Waals surface area (Å²) in [6.07, 6.45) is 1.60. The van der Waals surface area contributed by atoms with Crippen molar-refractivity contribution in [1.82, 2.24) is 5.32 Å². The highest BCUT2D eigenvalue weighted by atomic mass is 32.2. The van der Waals surface area contributed by atoms with Gasteiger partial charge in [0.15, 0.2) is 0 Å². The molecule has 0 saturated heterocycles. The smallest absolute Gasteiger partial charge is 0.335 e. The van der Waals surface area contributed by atoms with E-state index in [1.807, 2.05) is 0 Å². The monoisotopic (exact) mass is 299 g/mol. The van der Waals surface area contributed by atoms with E-state index in [1.165, 1.54) is 12.1 Å². The van der Waals surface area contributed by atoms with Gasteiger partial charge in [0.25, 0.3) is 0 Å². The zero-order chi connectivity index (χ0) is 15.2. The quantitative estimate of drug-likeness (QED) is 0.762. The zero-order valence-corrected chi connectivity index (χ0v) is 11.9. The number of carboxylic acid groups (broad SMARTS) is 1. The minimum atomic E-state index is -3.13. The SMILES string of the molecule is CS(=O)(=O)CCC(=O)NCCc1ccc(C(=O)O)cc1. The second-order valence-corrected chi connectivity index (χ2v) is 6.74. The summed E-state index contributed by atoms with van der Waals surface area (Å²) in [5.74, 6) is -1.45. The van der Waals surface area contributed by atoms with Gasteiger partial charge in [0.05, 0.1) is 11.3 Å². The third-order valence-electron chi connectivity index (χ3n) is 2.64. The standard InChI is InChI=1S/C13H17NO5S/c1-20(18,19)9-7-12(15)14-8-6-10-2-4-11(5-3-10)13(16)17/h2-5H,6-9H2,1H3,(H,14,15)(H,16,17). The fraction of sp³-hybridized carbons (Fsp3) is 0.385. The Morgan fingerprint density at radius 1 is 1.20 bits per heavy atom. The first-order chi connectivity index (χ1) is 9.28. The molecule has 0 heterocycles. The summed E-state index contributed by atoms with van der Waals surface area (Å²) in [5.41, 5.74) is 1.12. The van der Waals surface area contributed by atoms with Crippen molar-refractivity contribution < 1.29 is 23.1 Å². The van der Waals surface area contributed by atoms with Gasteiger partial charge in [-0.1, -0.05) is 12.1 Å². The Labute approximate surface area is 117 Å². The zero-order valence-electron chi connectivity index (χ0n) is 11.1. The van der Waals surface area contributed by atoms with Crippen molar-refractivity contribution in [2.75, 3.05) is 18.6 Å². The third kappa shape index (κ3) is 6.33. The van der Waals surface area contributed by atoms with Gasteiger partial charge in [-0.05, 0) is 24.1 Å². The highest BCUT2D eigenvalue weighted by Crippen LogP contribution is 2.04. The van der Waals surface area contributed by atoms with E-state index >= 15 is 0 Å². The van der Waals surface area contributed by atoms with Crippen LogP contribution in [-0.4, -0.2) is 44.0 Å². The second kappa shape index (κ2) is 7.04. The minimum Gasteiger partial charge on any atom is -0.478 e. The van der Waals surface area contributed by atoms with Crippen LogP contribution in [0.1, 0.15) is 22.3 Å². The number of carbonyl (C=O) groups is 2. The van der Waals surface area contributed by atoms with Crippen LogP contribution in [0, 0.1) is 0 Å². The first-order valence-electron chi connectivity index (χ1n) is 6.04. The molecule has 0 atom stereocenters. The van der Waals surface area contributed by atoms with E-state index in [0.717, 1.165) is 11.8 Å². The molecule has 1 aromatic rings. The van der Waals surface area contributed by atoms with Crippen LogP contribution in [-0.2, 0) is 21.1 Å². The Hall–Kier alpha value is -1.89. The molecule has 1 aromatic carbocycles. The summed E-state index contributed by atoms with van der Waals surface area (Å²) in [4.78, 5) is 22.0. The van der Waals surface area contributed by atoms with Gasteiger partial charge in [0, 0.05) is 19.2 Å². The van der Waals surface area contributed by atoms with Crippen molar-refractivity contribution in [2.45, 2.75) is 12.8 Å². The Kier molecular flexibility index (Phi) is 5.69. The molecule has 0 aliphatic rings. The van der Waals surface area contributed by atoms with E-state index in [0.29, 0.717) is 13.0 Å². The van der Waals surface area contributed by atoms with Gasteiger partial charge in [-0.2, -0.15) is 0 Å². The highest BCUT2D eigenvalue weighted by molar-refractivity contribution is 7.90. The second-order valence-electron chi connectivity index (χ2n) is 4.48. The van der Waals surface area contributed by atoms with Crippen molar-refractivity contribution in [2.24, 2.45) is 0 Å². The maximum atomic E-state index is 11.4. The van der Waals surface area contributed by atoms with Crippen LogP contribution in [0.15, 0.2) is 24.3 Å². The number of hydrogen-bond donors (Lipinski definition) is 2. The molecule has 0 bridgehead atoms. The average molecular weight is 299 g/mol. The molecular formula is C13H17NO5S. The molecule has 110 valence electrons. The summed E-state index contributed by atoms with van der Waals surface area (Å²) in [5, 5.41) is 11.4. The maximum absolute atomic E-state index is 11.4. The number of rotatable bonds is 7. The number of carboxylic acids is 1. The van der Waals surface area contributed by atoms with Crippen molar-refractivity contribution >= 4 is 21.7 Å². The molecule has 6 nitrogen and oxygen atoms in total. The van der Waals surface area contributed by atoms with Gasteiger partial charge in [-0.25, -0.2) is 13.2 Å². The summed E-state index contributed by atoms with van der Waals surface area (Å²) in [7, 11) is -3.13. The molecule has 2 N–H and O–H groups in total. The van der Waals surface area contributed by atoms with Crippen LogP contribution in [0.3, 0.4) is 0 Å². The molecule has 0 aliphatic heterocycles. The number of benzene rings is 1. The lowest BCUT2D eigenvalue weighted by atomic mass is 10.1. The number of carbonyl (C=O) groups excluding carboxylic acids is 1. The van der Waals surface area contributed by atoms with Crippen LogP contribution in [0.25, 0.3) is 0 Å². The molecule has 0 aromatic heterocycles. The molecule has 0 spiro atoms. The van der Waals surface area contributed by atoms with Gasteiger partial charge >= 0.3 is 5.97 Å². The highest BCUT2D eigenvalue weighted by Gasteiger charge is 2.07. The molecule has 1 amide bonds. The van der Waals surface area contributed by atoms with Gasteiger partial charge in [-0.15, -0.1) is 0 Å². The van der Waals surface area contributed by atoms with Gasteiger partial charge in [0.1, 0.15) is 9.84 Å². The molecule has 0 unspecified atom stereocenters. The third-order valence-corrected chi connectivity index (χ3v) is 3.58. The van der Waals surface area contributed by atoms with Gasteiger partial charge in [0.2, 0.25) is 5.91 Å². The Bertz CT molecular complexity index is 577. The van der Waals surface area contributed by atoms with Crippen LogP contribution in [0.4, 0.5) is 0 Å². The van der Waals surface area contributed by atoms with Crippen LogP contribution < -0.4 is 5.32 Å². The fourth-order valence-corrected chi connectivity index (χ4v) is 2.08. The van der Waals surface area contributed by atoms with E-state index in [4.69, 9.17) is 5.11 Å². The molecular weight excluding hydrogens is 282 g/mol. The Morgan fingerprint density at radius 3 is 2.30 bits per heavy atom. The molecule has 0 radical (unpaired) electrons. The van der Waals surface area contributed by atoms with Crippen LogP contribution >= 0.6 is 0 Å². The first-order valence-corrected chi connectivity index (χ1v) is 8.10. The average Bonchev–Trinajstić information content (AvgIpc) is 2.36. The first kappa shape index (κ1) is 16.2. The molecule has 0 fully saturated rings. The van der Waals surface area contributed by atoms with Crippen molar-refractivity contribution in [3.05, 3.63) is 35.4 Å². The van der Waals surface area contributed by atoms with E-state index in [9.17, 15) is 18.0 Å². The minimum absolute atomic E-state index is 0.0449. The van der Waals surface area contributed by atoms with E-state index in [-0.39, 0.29) is 23.6 Å². The normalized spacial score (nSPS) is 11.1. The number of nitrogens with one attached hydrogen (secondary N) is 1. The summed E-state index contributed by atoms with van der Waals surface area (Å²) < 4.78 is 21.8. The van der Waals surface area contributed by atoms with Crippen LogP contribution in [0.2, 0.25) is 0 Å². The summed E-state index contributed by atoms with van der Waals surface area (Å²) in [6.45, 7) is 0.384. The lowest BCUT2D eigenvalue weighted by molar-refractivity contribution is -0.120. The largest absolute Gasteiger partial charge is 0.478 e. The predicted octanol–water partition coefficient (Wildman–Crippen LogP) is 0.478. The molecule has 20 heavy (non-hydrogen) atoms. The van der Waals surface area contributed by atoms with Crippen LogP contribution in [0.5, 0.6) is 0 Å². The Morgan fingerprint density at radius 2 is 1.80 bits per heavy atom. The summed E-state index contributed by atoms with van der Waals surface area (Å²) in [6, 6.07) is 6.38. The molecule has 0 aliphatic carbocycles. The van der Waals surface area contributed by atoms with Gasteiger partial charge < -0.3 is 10.4 Å². The van der Waals surface area contributed by atoms with E-state index < -0.39 is 15.8 Å². The van der Waals surface area contributed by atoms with Gasteiger partial charge in [-0.3, -0.25) is 4.79 Å². The summed E-state index contributed by atoms with van der Waals surface area (Å²) >= 11 is 0. The topological polar surface area (TPSA) is 101 Å². The van der Waals surface area contributed by atoms with Crippen molar-refractivity contribution in [3.8, 4) is 0 Å². The lowest BCUT2D eigenvalue weighted by Crippen LogP contribution is -2.27. The fourth-order valence-electron chi connectivity index (χ4n) is 1.53. The lowest BCUT2D eigenvalue weighted by Gasteiger charge is -2.05. The maximum Gasteiger partial charge on any atom is 0.335 e. The number of hydrogen-bond acceptors (Lipinski definition) is 4. The number of aromatic carboxylic acids is 1. The molecule has 0 saturated carbocycles. The number of amides is 1. The van der Waals surface area contributed by atoms with E-state index in [1.54, 1.807) is 12.1 Å².